The van der Waals surface area contributed by atoms with Crippen LogP contribution < -0.4 is 16.0 Å². The number of carbonyl (C=O) groups is 2. The quantitative estimate of drug-likeness (QED) is 0.712. The fraction of sp³-hybridized carbons (Fsp3) is 0.529. The van der Waals surface area contributed by atoms with Gasteiger partial charge < -0.3 is 20.7 Å². The minimum atomic E-state index is -0.618. The van der Waals surface area contributed by atoms with Crippen molar-refractivity contribution in [1.82, 2.24) is 10.6 Å². The highest BCUT2D eigenvalue weighted by Gasteiger charge is 2.32. The smallest absolute Gasteiger partial charge is 0.254 e. The Kier molecular flexibility index (Phi) is 8.28. The Hall–Kier alpha value is -1.70. The van der Waals surface area contributed by atoms with Gasteiger partial charge in [-0.15, -0.1) is 12.4 Å². The number of halogens is 2. The molecule has 0 aliphatic carbocycles. The van der Waals surface area contributed by atoms with E-state index in [9.17, 15) is 14.0 Å². The van der Waals surface area contributed by atoms with E-state index in [0.29, 0.717) is 18.8 Å². The third kappa shape index (κ3) is 5.95. The number of methoxy groups -OCH3 is 1. The predicted octanol–water partition coefficient (Wildman–Crippen LogP) is 1.95. The van der Waals surface area contributed by atoms with Crippen molar-refractivity contribution in [2.45, 2.75) is 19.8 Å². The summed E-state index contributed by atoms with van der Waals surface area (Å²) in [7, 11) is 1.64. The first kappa shape index (κ1) is 21.3. The highest BCUT2D eigenvalue weighted by atomic mass is 35.5. The maximum absolute atomic E-state index is 14.0. The van der Waals surface area contributed by atoms with Gasteiger partial charge in [0.15, 0.2) is 0 Å². The van der Waals surface area contributed by atoms with Crippen molar-refractivity contribution in [2.24, 2.45) is 5.41 Å². The average molecular weight is 374 g/mol. The normalized spacial score (nSPS) is 15.8. The number of carbonyl (C=O) groups excluding carboxylic acids is 2. The number of piperidine rings is 1. The van der Waals surface area contributed by atoms with Gasteiger partial charge in [0.05, 0.1) is 12.2 Å². The molecule has 1 fully saturated rings. The highest BCUT2D eigenvalue weighted by Crippen LogP contribution is 2.28. The van der Waals surface area contributed by atoms with Crippen LogP contribution in [-0.2, 0) is 9.53 Å². The Balaban J connectivity index is 0.00000312. The zero-order valence-corrected chi connectivity index (χ0v) is 15.3. The van der Waals surface area contributed by atoms with Gasteiger partial charge in [0, 0.05) is 31.7 Å². The third-order valence-corrected chi connectivity index (χ3v) is 4.27. The van der Waals surface area contributed by atoms with Crippen molar-refractivity contribution < 1.29 is 18.7 Å². The molecule has 25 heavy (non-hydrogen) atoms. The zero-order valence-electron chi connectivity index (χ0n) is 14.5. The van der Waals surface area contributed by atoms with E-state index in [2.05, 4.69) is 16.0 Å². The van der Waals surface area contributed by atoms with E-state index in [4.69, 9.17) is 4.74 Å². The molecule has 1 aliphatic heterocycles. The standard InChI is InChI=1S/C17H24FN3O3.ClH/c1-12(22)21-13-3-4-15(18)14(9-13)16(23)20-10-17(11-24-2)5-7-19-8-6-17;/h3-4,9,19H,5-8,10-11H2,1-2H3,(H,20,23)(H,21,22);1H. The second-order valence-corrected chi connectivity index (χ2v) is 6.24. The lowest BCUT2D eigenvalue weighted by atomic mass is 9.79. The van der Waals surface area contributed by atoms with Crippen LogP contribution in [0.2, 0.25) is 0 Å². The molecule has 1 aromatic carbocycles. The van der Waals surface area contributed by atoms with Crippen molar-refractivity contribution in [3.63, 3.8) is 0 Å². The van der Waals surface area contributed by atoms with Crippen LogP contribution in [0.1, 0.15) is 30.1 Å². The van der Waals surface area contributed by atoms with Gasteiger partial charge in [0.1, 0.15) is 5.82 Å². The molecule has 0 spiro atoms. The maximum Gasteiger partial charge on any atom is 0.254 e. The molecule has 8 heteroatoms. The summed E-state index contributed by atoms with van der Waals surface area (Å²) >= 11 is 0. The number of hydrogen-bond acceptors (Lipinski definition) is 4. The van der Waals surface area contributed by atoms with E-state index in [1.807, 2.05) is 0 Å². The first-order chi connectivity index (χ1) is 11.5. The number of hydrogen-bond donors (Lipinski definition) is 3. The molecule has 2 rings (SSSR count). The van der Waals surface area contributed by atoms with E-state index >= 15 is 0 Å². The summed E-state index contributed by atoms with van der Waals surface area (Å²) in [4.78, 5) is 23.5. The molecular formula is C17H25ClFN3O3. The van der Waals surface area contributed by atoms with E-state index in [1.54, 1.807) is 7.11 Å². The Labute approximate surface area is 153 Å². The number of ether oxygens (including phenoxy) is 1. The van der Waals surface area contributed by atoms with Crippen molar-refractivity contribution >= 4 is 29.9 Å². The first-order valence-corrected chi connectivity index (χ1v) is 8.01. The molecule has 1 heterocycles. The summed E-state index contributed by atoms with van der Waals surface area (Å²) in [5.41, 5.74) is 0.173. The van der Waals surface area contributed by atoms with Gasteiger partial charge in [-0.25, -0.2) is 4.39 Å². The second-order valence-electron chi connectivity index (χ2n) is 6.24. The second kappa shape index (κ2) is 9.70. The van der Waals surface area contributed by atoms with Crippen LogP contribution in [0.4, 0.5) is 10.1 Å². The number of rotatable bonds is 6. The molecule has 3 N–H and O–H groups in total. The van der Waals surface area contributed by atoms with E-state index in [1.165, 1.54) is 25.1 Å². The molecule has 2 amide bonds. The minimum Gasteiger partial charge on any atom is -0.384 e. The molecule has 1 aliphatic rings. The lowest BCUT2D eigenvalue weighted by molar-refractivity contribution is -0.114. The van der Waals surface area contributed by atoms with Gasteiger partial charge in [-0.05, 0) is 44.1 Å². The minimum absolute atomic E-state index is 0. The monoisotopic (exact) mass is 373 g/mol. The summed E-state index contributed by atoms with van der Waals surface area (Å²) in [6.07, 6.45) is 1.77. The van der Waals surface area contributed by atoms with Gasteiger partial charge in [0.2, 0.25) is 5.91 Å². The highest BCUT2D eigenvalue weighted by molar-refractivity contribution is 5.97. The Bertz CT molecular complexity index is 601. The van der Waals surface area contributed by atoms with Crippen molar-refractivity contribution in [2.75, 3.05) is 38.7 Å². The van der Waals surface area contributed by atoms with Crippen LogP contribution in [0.3, 0.4) is 0 Å². The lowest BCUT2D eigenvalue weighted by Crippen LogP contribution is -2.47. The first-order valence-electron chi connectivity index (χ1n) is 8.01. The summed E-state index contributed by atoms with van der Waals surface area (Å²) in [5.74, 6) is -1.39. The van der Waals surface area contributed by atoms with Crippen LogP contribution >= 0.6 is 12.4 Å². The van der Waals surface area contributed by atoms with Crippen molar-refractivity contribution in [3.8, 4) is 0 Å². The predicted molar refractivity (Wildman–Crippen MR) is 96.7 cm³/mol. The van der Waals surface area contributed by atoms with Gasteiger partial charge in [-0.1, -0.05) is 0 Å². The van der Waals surface area contributed by atoms with Crippen LogP contribution in [-0.4, -0.2) is 45.2 Å². The van der Waals surface area contributed by atoms with E-state index in [0.717, 1.165) is 25.9 Å². The SMILES string of the molecule is COCC1(CNC(=O)c2cc(NC(C)=O)ccc2F)CCNCC1.Cl. The molecule has 0 unspecified atom stereocenters. The Morgan fingerprint density at radius 1 is 1.32 bits per heavy atom. The van der Waals surface area contributed by atoms with Crippen LogP contribution in [0.25, 0.3) is 0 Å². The molecule has 1 saturated heterocycles. The number of benzene rings is 1. The lowest BCUT2D eigenvalue weighted by Gasteiger charge is -2.37. The Morgan fingerprint density at radius 3 is 2.60 bits per heavy atom. The van der Waals surface area contributed by atoms with Crippen molar-refractivity contribution in [1.29, 1.82) is 0 Å². The summed E-state index contributed by atoms with van der Waals surface area (Å²) in [6.45, 7) is 4.06. The summed E-state index contributed by atoms with van der Waals surface area (Å²) < 4.78 is 19.3. The molecule has 140 valence electrons. The largest absolute Gasteiger partial charge is 0.384 e. The van der Waals surface area contributed by atoms with E-state index < -0.39 is 11.7 Å². The molecule has 0 atom stereocenters. The van der Waals surface area contributed by atoms with Gasteiger partial charge in [-0.2, -0.15) is 0 Å². The third-order valence-electron chi connectivity index (χ3n) is 4.27. The van der Waals surface area contributed by atoms with Gasteiger partial charge >= 0.3 is 0 Å². The van der Waals surface area contributed by atoms with Crippen molar-refractivity contribution in [3.05, 3.63) is 29.6 Å². The topological polar surface area (TPSA) is 79.5 Å². The molecule has 0 saturated carbocycles. The average Bonchev–Trinajstić information content (AvgIpc) is 2.55. The fourth-order valence-electron chi connectivity index (χ4n) is 2.98. The summed E-state index contributed by atoms with van der Waals surface area (Å²) in [5, 5.41) is 8.65. The van der Waals surface area contributed by atoms with Crippen LogP contribution in [0.15, 0.2) is 18.2 Å². The molecule has 6 nitrogen and oxygen atoms in total. The molecule has 0 aromatic heterocycles. The number of anilines is 1. The van der Waals surface area contributed by atoms with Crippen LogP contribution in [0.5, 0.6) is 0 Å². The van der Waals surface area contributed by atoms with Crippen LogP contribution in [0, 0.1) is 11.2 Å². The van der Waals surface area contributed by atoms with Gasteiger partial charge in [0.25, 0.3) is 5.91 Å². The Morgan fingerprint density at radius 2 is 2.00 bits per heavy atom. The molecule has 0 bridgehead atoms. The molecular weight excluding hydrogens is 349 g/mol. The van der Waals surface area contributed by atoms with Gasteiger partial charge in [-0.3, -0.25) is 9.59 Å². The van der Waals surface area contributed by atoms with E-state index in [-0.39, 0.29) is 29.3 Å². The summed E-state index contributed by atoms with van der Waals surface area (Å²) in [6, 6.07) is 3.94. The molecule has 1 aromatic rings. The number of amides is 2. The fourth-order valence-corrected chi connectivity index (χ4v) is 2.98. The zero-order chi connectivity index (χ0) is 17.6. The number of nitrogens with one attached hydrogen (secondary N) is 3. The molecule has 0 radical (unpaired) electrons. The maximum atomic E-state index is 14.0.